The van der Waals surface area contributed by atoms with E-state index >= 15 is 0 Å². The normalized spacial score (nSPS) is 11.1. The minimum atomic E-state index is -0.105. The Kier molecular flexibility index (Phi) is 4.04. The zero-order chi connectivity index (χ0) is 14.0. The van der Waals surface area contributed by atoms with Crippen molar-refractivity contribution < 1.29 is 4.39 Å². The molecule has 99 valence electrons. The standard InChI is InChI=1S/C18H20F/c1-12(2)16-10-15(8-9-18(16)19)11-17-13(3)6-5-7-14(17)4/h5-6,8-10,12H,11H2,1-4H3. The molecule has 0 aliphatic rings. The predicted molar refractivity (Wildman–Crippen MR) is 78.0 cm³/mol. The summed E-state index contributed by atoms with van der Waals surface area (Å²) in [6.45, 7) is 8.24. The van der Waals surface area contributed by atoms with Gasteiger partial charge in [-0.1, -0.05) is 38.1 Å². The summed E-state index contributed by atoms with van der Waals surface area (Å²) in [6.07, 6.45) is 0.842. The molecule has 2 rings (SSSR count). The molecule has 0 unspecified atom stereocenters. The van der Waals surface area contributed by atoms with Gasteiger partial charge in [0.15, 0.2) is 0 Å². The molecule has 0 amide bonds. The number of aryl methyl sites for hydroxylation is 2. The Labute approximate surface area is 115 Å². The average molecular weight is 255 g/mol. The molecule has 2 aromatic carbocycles. The smallest absolute Gasteiger partial charge is 0.126 e. The van der Waals surface area contributed by atoms with Gasteiger partial charge < -0.3 is 0 Å². The van der Waals surface area contributed by atoms with Gasteiger partial charge in [-0.25, -0.2) is 4.39 Å². The fourth-order valence-corrected chi connectivity index (χ4v) is 2.40. The van der Waals surface area contributed by atoms with Crippen LogP contribution in [0.5, 0.6) is 0 Å². The van der Waals surface area contributed by atoms with Gasteiger partial charge >= 0.3 is 0 Å². The second kappa shape index (κ2) is 5.56. The summed E-state index contributed by atoms with van der Waals surface area (Å²) in [6, 6.07) is 12.7. The van der Waals surface area contributed by atoms with Crippen LogP contribution in [0.4, 0.5) is 4.39 Å². The lowest BCUT2D eigenvalue weighted by molar-refractivity contribution is 0.597. The highest BCUT2D eigenvalue weighted by molar-refractivity contribution is 5.38. The van der Waals surface area contributed by atoms with E-state index < -0.39 is 0 Å². The van der Waals surface area contributed by atoms with E-state index in [0.29, 0.717) is 0 Å². The molecule has 0 aromatic heterocycles. The van der Waals surface area contributed by atoms with Crippen molar-refractivity contribution in [1.29, 1.82) is 0 Å². The second-order valence-electron chi connectivity index (χ2n) is 5.45. The highest BCUT2D eigenvalue weighted by Crippen LogP contribution is 2.23. The molecule has 0 heterocycles. The van der Waals surface area contributed by atoms with Crippen LogP contribution < -0.4 is 0 Å². The van der Waals surface area contributed by atoms with Crippen molar-refractivity contribution in [3.63, 3.8) is 0 Å². The topological polar surface area (TPSA) is 0 Å². The summed E-state index contributed by atoms with van der Waals surface area (Å²) in [5.74, 6) is 0.108. The highest BCUT2D eigenvalue weighted by atomic mass is 19.1. The first kappa shape index (κ1) is 13.8. The van der Waals surface area contributed by atoms with Gasteiger partial charge in [-0.15, -0.1) is 0 Å². The summed E-state index contributed by atoms with van der Waals surface area (Å²) in [7, 11) is 0. The van der Waals surface area contributed by atoms with E-state index in [2.05, 4.69) is 26.0 Å². The number of halogens is 1. The van der Waals surface area contributed by atoms with E-state index in [1.54, 1.807) is 6.07 Å². The van der Waals surface area contributed by atoms with Crippen molar-refractivity contribution in [3.05, 3.63) is 70.0 Å². The Balaban J connectivity index is 2.36. The fraction of sp³-hybridized carbons (Fsp3) is 0.333. The lowest BCUT2D eigenvalue weighted by Gasteiger charge is -2.12. The van der Waals surface area contributed by atoms with Gasteiger partial charge in [0, 0.05) is 0 Å². The van der Waals surface area contributed by atoms with Crippen LogP contribution >= 0.6 is 0 Å². The summed E-state index contributed by atoms with van der Waals surface area (Å²) in [5.41, 5.74) is 5.70. The van der Waals surface area contributed by atoms with Crippen molar-refractivity contribution in [3.8, 4) is 0 Å². The quantitative estimate of drug-likeness (QED) is 0.727. The monoisotopic (exact) mass is 255 g/mol. The molecule has 0 N–H and O–H groups in total. The van der Waals surface area contributed by atoms with E-state index in [9.17, 15) is 4.39 Å². The summed E-state index contributed by atoms with van der Waals surface area (Å²) in [5, 5.41) is 0. The third-order valence-electron chi connectivity index (χ3n) is 3.63. The lowest BCUT2D eigenvalue weighted by atomic mass is 9.93. The summed E-state index contributed by atoms with van der Waals surface area (Å²) >= 11 is 0. The van der Waals surface area contributed by atoms with Crippen LogP contribution in [0.15, 0.2) is 30.3 Å². The molecule has 1 radical (unpaired) electrons. The van der Waals surface area contributed by atoms with E-state index in [1.807, 2.05) is 32.0 Å². The summed E-state index contributed by atoms with van der Waals surface area (Å²) < 4.78 is 13.7. The van der Waals surface area contributed by atoms with Crippen molar-refractivity contribution in [2.24, 2.45) is 0 Å². The van der Waals surface area contributed by atoms with Gasteiger partial charge in [0.2, 0.25) is 0 Å². The van der Waals surface area contributed by atoms with Crippen LogP contribution in [0, 0.1) is 25.7 Å². The lowest BCUT2D eigenvalue weighted by Crippen LogP contribution is -1.99. The summed E-state index contributed by atoms with van der Waals surface area (Å²) in [4.78, 5) is 0. The number of benzene rings is 2. The number of hydrogen-bond donors (Lipinski definition) is 0. The third-order valence-corrected chi connectivity index (χ3v) is 3.63. The van der Waals surface area contributed by atoms with Crippen LogP contribution in [0.25, 0.3) is 0 Å². The van der Waals surface area contributed by atoms with Crippen LogP contribution in [0.1, 0.15) is 47.6 Å². The van der Waals surface area contributed by atoms with Crippen molar-refractivity contribution in [2.75, 3.05) is 0 Å². The molecule has 2 aromatic rings. The first-order valence-corrected chi connectivity index (χ1v) is 6.74. The van der Waals surface area contributed by atoms with Crippen LogP contribution in [-0.4, -0.2) is 0 Å². The van der Waals surface area contributed by atoms with E-state index in [-0.39, 0.29) is 11.7 Å². The molecular formula is C18H20F. The maximum absolute atomic E-state index is 13.7. The van der Waals surface area contributed by atoms with Crippen LogP contribution in [0.3, 0.4) is 0 Å². The fourth-order valence-electron chi connectivity index (χ4n) is 2.40. The van der Waals surface area contributed by atoms with Gasteiger partial charge in [-0.3, -0.25) is 0 Å². The first-order chi connectivity index (χ1) is 8.99. The molecule has 0 bridgehead atoms. The minimum Gasteiger partial charge on any atom is -0.207 e. The van der Waals surface area contributed by atoms with Crippen molar-refractivity contribution >= 4 is 0 Å². The second-order valence-corrected chi connectivity index (χ2v) is 5.45. The minimum absolute atomic E-state index is 0.105. The molecule has 0 atom stereocenters. The van der Waals surface area contributed by atoms with Crippen molar-refractivity contribution in [1.82, 2.24) is 0 Å². The third kappa shape index (κ3) is 3.04. The SMILES string of the molecule is Cc1[c]ccc(C)c1Cc1ccc(F)c(C(C)C)c1. The Morgan fingerprint density at radius 1 is 1.16 bits per heavy atom. The largest absolute Gasteiger partial charge is 0.207 e. The highest BCUT2D eigenvalue weighted by Gasteiger charge is 2.09. The predicted octanol–water partition coefficient (Wildman–Crippen LogP) is 4.96. The van der Waals surface area contributed by atoms with E-state index in [1.165, 1.54) is 16.7 Å². The Morgan fingerprint density at radius 3 is 2.53 bits per heavy atom. The van der Waals surface area contributed by atoms with Crippen LogP contribution in [-0.2, 0) is 6.42 Å². The molecule has 0 fully saturated rings. The number of hydrogen-bond acceptors (Lipinski definition) is 0. The molecule has 0 saturated heterocycles. The molecule has 19 heavy (non-hydrogen) atoms. The Bertz CT molecular complexity index is 562. The molecule has 1 heteroatoms. The van der Waals surface area contributed by atoms with Gasteiger partial charge in [-0.2, -0.15) is 0 Å². The average Bonchev–Trinajstić information content (AvgIpc) is 2.35. The Hall–Kier alpha value is -1.63. The zero-order valence-corrected chi connectivity index (χ0v) is 12.0. The van der Waals surface area contributed by atoms with Gasteiger partial charge in [-0.05, 0) is 66.1 Å². The van der Waals surface area contributed by atoms with Gasteiger partial charge in [0.05, 0.1) is 0 Å². The first-order valence-electron chi connectivity index (χ1n) is 6.74. The Morgan fingerprint density at radius 2 is 1.89 bits per heavy atom. The maximum atomic E-state index is 13.7. The molecule has 0 aliphatic heterocycles. The van der Waals surface area contributed by atoms with Gasteiger partial charge in [0.25, 0.3) is 0 Å². The molecular weight excluding hydrogens is 235 g/mol. The zero-order valence-electron chi connectivity index (χ0n) is 12.0. The molecule has 0 spiro atoms. The van der Waals surface area contributed by atoms with Crippen LogP contribution in [0.2, 0.25) is 0 Å². The van der Waals surface area contributed by atoms with Gasteiger partial charge in [0.1, 0.15) is 5.82 Å². The molecule has 0 aliphatic carbocycles. The maximum Gasteiger partial charge on any atom is 0.126 e. The van der Waals surface area contributed by atoms with E-state index in [4.69, 9.17) is 0 Å². The van der Waals surface area contributed by atoms with Crippen molar-refractivity contribution in [2.45, 2.75) is 40.0 Å². The number of rotatable bonds is 3. The van der Waals surface area contributed by atoms with E-state index in [0.717, 1.165) is 17.5 Å². The molecule has 0 nitrogen and oxygen atoms in total. The molecule has 0 saturated carbocycles.